The lowest BCUT2D eigenvalue weighted by molar-refractivity contribution is 0.563. The molecule has 1 aliphatic heterocycles. The fourth-order valence-electron chi connectivity index (χ4n) is 0.887. The molecular weight excluding hydrogens is 152 g/mol. The fraction of sp³-hybridized carbons (Fsp3) is 0.667. The van der Waals surface area contributed by atoms with Crippen LogP contribution >= 0.6 is 0 Å². The van der Waals surface area contributed by atoms with E-state index in [1.165, 1.54) is 0 Å². The summed E-state index contributed by atoms with van der Waals surface area (Å²) in [7, 11) is -2.83. The minimum absolute atomic E-state index is 0.123. The molecule has 0 unspecified atom stereocenters. The molecule has 3 nitrogen and oxygen atoms in total. The normalized spacial score (nSPS) is 23.8. The number of hydrogen-bond donors (Lipinski definition) is 0. The molecule has 0 bridgehead atoms. The molecule has 0 aliphatic carbocycles. The fourth-order valence-corrected chi connectivity index (χ4v) is 2.21. The van der Waals surface area contributed by atoms with Crippen molar-refractivity contribution in [3.05, 3.63) is 5.57 Å². The van der Waals surface area contributed by atoms with E-state index in [0.717, 1.165) is 0 Å². The van der Waals surface area contributed by atoms with Gasteiger partial charge in [0.05, 0.1) is 11.5 Å². The molecule has 4 heteroatoms. The van der Waals surface area contributed by atoms with E-state index in [1.807, 2.05) is 0 Å². The average molecular weight is 160 g/mol. The highest BCUT2D eigenvalue weighted by Crippen LogP contribution is 2.14. The van der Waals surface area contributed by atoms with Crippen molar-refractivity contribution < 1.29 is 13.2 Å². The smallest absolute Gasteiger partial charge is 0.150 e. The van der Waals surface area contributed by atoms with Crippen molar-refractivity contribution in [1.82, 2.24) is 0 Å². The van der Waals surface area contributed by atoms with E-state index in [-0.39, 0.29) is 11.5 Å². The van der Waals surface area contributed by atoms with Gasteiger partial charge in [0.1, 0.15) is 5.94 Å². The Morgan fingerprint density at radius 3 is 2.10 bits per heavy atom. The molecule has 0 aromatic heterocycles. The molecule has 0 saturated carbocycles. The lowest BCUT2D eigenvalue weighted by Crippen LogP contribution is -2.18. The van der Waals surface area contributed by atoms with Crippen LogP contribution in [0.15, 0.2) is 5.57 Å². The maximum absolute atomic E-state index is 10.8. The van der Waals surface area contributed by atoms with Crippen LogP contribution in [0.25, 0.3) is 0 Å². The molecule has 1 rings (SSSR count). The van der Waals surface area contributed by atoms with Crippen molar-refractivity contribution in [1.29, 1.82) is 0 Å². The minimum Gasteiger partial charge on any atom is -0.234 e. The van der Waals surface area contributed by atoms with Gasteiger partial charge in [0.15, 0.2) is 9.84 Å². The Kier molecular flexibility index (Phi) is 1.92. The van der Waals surface area contributed by atoms with Crippen LogP contribution in [-0.4, -0.2) is 25.9 Å². The van der Waals surface area contributed by atoms with E-state index in [4.69, 9.17) is 0 Å². The lowest BCUT2D eigenvalue weighted by Gasteiger charge is -2.10. The molecule has 10 heavy (non-hydrogen) atoms. The summed E-state index contributed by atoms with van der Waals surface area (Å²) in [4.78, 5) is 10.0. The summed E-state index contributed by atoms with van der Waals surface area (Å²) < 4.78 is 21.5. The van der Waals surface area contributed by atoms with E-state index in [0.29, 0.717) is 18.4 Å². The van der Waals surface area contributed by atoms with Crippen LogP contribution in [0.3, 0.4) is 0 Å². The zero-order valence-corrected chi connectivity index (χ0v) is 6.28. The Morgan fingerprint density at radius 1 is 1.20 bits per heavy atom. The largest absolute Gasteiger partial charge is 0.234 e. The van der Waals surface area contributed by atoms with Crippen LogP contribution < -0.4 is 0 Å². The number of hydrogen-bond acceptors (Lipinski definition) is 3. The first-order valence-electron chi connectivity index (χ1n) is 3.07. The summed E-state index contributed by atoms with van der Waals surface area (Å²) >= 11 is 0. The monoisotopic (exact) mass is 160 g/mol. The summed E-state index contributed by atoms with van der Waals surface area (Å²) in [5.41, 5.74) is 0.606. The van der Waals surface area contributed by atoms with Gasteiger partial charge in [-0.15, -0.1) is 0 Å². The number of sulfone groups is 1. The summed E-state index contributed by atoms with van der Waals surface area (Å²) in [6.07, 6.45) is 0.762. The number of carbonyl (C=O) groups excluding carboxylic acids is 1. The molecule has 1 saturated heterocycles. The van der Waals surface area contributed by atoms with Crippen molar-refractivity contribution in [2.24, 2.45) is 0 Å². The van der Waals surface area contributed by atoms with Crippen LogP contribution in [0, 0.1) is 0 Å². The molecule has 0 spiro atoms. The first kappa shape index (κ1) is 7.51. The van der Waals surface area contributed by atoms with E-state index < -0.39 is 9.84 Å². The summed E-state index contributed by atoms with van der Waals surface area (Å²) in [5, 5.41) is 0. The third kappa shape index (κ3) is 1.69. The Labute approximate surface area is 59.7 Å². The zero-order valence-electron chi connectivity index (χ0n) is 5.46. The first-order valence-corrected chi connectivity index (χ1v) is 4.89. The Hall–Kier alpha value is -0.600. The van der Waals surface area contributed by atoms with Crippen LogP contribution in [0.5, 0.6) is 0 Å². The van der Waals surface area contributed by atoms with Crippen molar-refractivity contribution in [3.8, 4) is 0 Å². The Balaban J connectivity index is 2.72. The van der Waals surface area contributed by atoms with E-state index in [2.05, 4.69) is 0 Å². The predicted octanol–water partition coefficient (Wildman–Crippen LogP) is -0.0470. The number of allylic oxidation sites excluding steroid dienone is 1. The molecule has 0 amide bonds. The van der Waals surface area contributed by atoms with Gasteiger partial charge < -0.3 is 0 Å². The van der Waals surface area contributed by atoms with Crippen molar-refractivity contribution in [3.63, 3.8) is 0 Å². The third-order valence-corrected chi connectivity index (χ3v) is 3.23. The first-order chi connectivity index (χ1) is 4.64. The lowest BCUT2D eigenvalue weighted by atomic mass is 10.2. The van der Waals surface area contributed by atoms with Gasteiger partial charge in [-0.25, -0.2) is 13.2 Å². The second kappa shape index (κ2) is 2.56. The standard InChI is InChI=1S/C6H8O3S/c7-5-6-1-3-10(8,9)4-2-6/h1-4H2. The molecule has 0 aromatic carbocycles. The third-order valence-electron chi connectivity index (χ3n) is 1.57. The van der Waals surface area contributed by atoms with Gasteiger partial charge in [0, 0.05) is 5.57 Å². The number of rotatable bonds is 0. The molecule has 1 aliphatic rings. The minimum atomic E-state index is -2.83. The highest BCUT2D eigenvalue weighted by Gasteiger charge is 2.18. The summed E-state index contributed by atoms with van der Waals surface area (Å²) in [6, 6.07) is 0. The van der Waals surface area contributed by atoms with E-state index in [1.54, 1.807) is 5.94 Å². The van der Waals surface area contributed by atoms with Gasteiger partial charge in [-0.2, -0.15) is 0 Å². The SMILES string of the molecule is O=C=C1CCS(=O)(=O)CC1. The average Bonchev–Trinajstić information content (AvgIpc) is 1.88. The zero-order chi connectivity index (χ0) is 7.61. The molecule has 0 N–H and O–H groups in total. The van der Waals surface area contributed by atoms with Gasteiger partial charge in [-0.3, -0.25) is 0 Å². The van der Waals surface area contributed by atoms with Crippen molar-refractivity contribution >= 4 is 15.8 Å². The Morgan fingerprint density at radius 2 is 1.70 bits per heavy atom. The molecule has 0 atom stereocenters. The second-order valence-electron chi connectivity index (χ2n) is 2.36. The van der Waals surface area contributed by atoms with Crippen LogP contribution in [-0.2, 0) is 14.6 Å². The second-order valence-corrected chi connectivity index (χ2v) is 4.66. The van der Waals surface area contributed by atoms with Gasteiger partial charge in [0.2, 0.25) is 0 Å². The molecule has 1 fully saturated rings. The highest BCUT2D eigenvalue weighted by atomic mass is 32.2. The molecule has 1 heterocycles. The van der Waals surface area contributed by atoms with E-state index in [9.17, 15) is 13.2 Å². The van der Waals surface area contributed by atoms with Crippen LogP contribution in [0.1, 0.15) is 12.8 Å². The predicted molar refractivity (Wildman–Crippen MR) is 37.1 cm³/mol. The molecule has 0 aromatic rings. The van der Waals surface area contributed by atoms with Gasteiger partial charge >= 0.3 is 0 Å². The van der Waals surface area contributed by atoms with Crippen molar-refractivity contribution in [2.45, 2.75) is 12.8 Å². The van der Waals surface area contributed by atoms with Gasteiger partial charge in [-0.1, -0.05) is 0 Å². The summed E-state index contributed by atoms with van der Waals surface area (Å²) in [5.74, 6) is 1.99. The molecule has 56 valence electrons. The Bertz CT molecular complexity index is 253. The van der Waals surface area contributed by atoms with Crippen molar-refractivity contribution in [2.75, 3.05) is 11.5 Å². The van der Waals surface area contributed by atoms with E-state index >= 15 is 0 Å². The molecule has 0 radical (unpaired) electrons. The summed E-state index contributed by atoms with van der Waals surface area (Å²) in [6.45, 7) is 0. The van der Waals surface area contributed by atoms with Crippen LogP contribution in [0.2, 0.25) is 0 Å². The highest BCUT2D eigenvalue weighted by molar-refractivity contribution is 7.91. The topological polar surface area (TPSA) is 51.2 Å². The van der Waals surface area contributed by atoms with Crippen LogP contribution in [0.4, 0.5) is 0 Å². The quantitative estimate of drug-likeness (QED) is 0.467. The van der Waals surface area contributed by atoms with Gasteiger partial charge in [0.25, 0.3) is 0 Å². The maximum Gasteiger partial charge on any atom is 0.150 e. The van der Waals surface area contributed by atoms with Gasteiger partial charge in [-0.05, 0) is 12.8 Å². The molecular formula is C6H8O3S. The maximum atomic E-state index is 10.8.